The number of amides is 1. The van der Waals surface area contributed by atoms with Gasteiger partial charge in [-0.15, -0.1) is 0 Å². The summed E-state index contributed by atoms with van der Waals surface area (Å²) in [5.74, 6) is 0.886. The van der Waals surface area contributed by atoms with E-state index in [0.29, 0.717) is 6.54 Å². The van der Waals surface area contributed by atoms with Crippen LogP contribution in [0.2, 0.25) is 0 Å². The Bertz CT molecular complexity index is 521. The zero-order chi connectivity index (χ0) is 16.9. The average molecular weight is 308 g/mol. The van der Waals surface area contributed by atoms with Gasteiger partial charge in [0, 0.05) is 23.8 Å². The maximum absolute atomic E-state index is 11.6. The predicted octanol–water partition coefficient (Wildman–Crippen LogP) is 3.64. The third kappa shape index (κ3) is 5.47. The van der Waals surface area contributed by atoms with E-state index in [9.17, 15) is 4.79 Å². The molecule has 5 nitrogen and oxygen atoms in total. The molecule has 1 unspecified atom stereocenters. The zero-order valence-electron chi connectivity index (χ0n) is 14.7. The minimum Gasteiger partial charge on any atom is -0.496 e. The van der Waals surface area contributed by atoms with Crippen molar-refractivity contribution >= 4 is 11.8 Å². The van der Waals surface area contributed by atoms with E-state index in [1.807, 2.05) is 53.7 Å². The van der Waals surface area contributed by atoms with Crippen molar-refractivity contribution in [3.8, 4) is 5.75 Å². The lowest BCUT2D eigenvalue weighted by atomic mass is 10.1. The molecule has 1 amide bonds. The molecule has 0 aromatic heterocycles. The van der Waals surface area contributed by atoms with E-state index in [2.05, 4.69) is 10.6 Å². The van der Waals surface area contributed by atoms with Crippen LogP contribution < -0.4 is 15.4 Å². The number of aryl methyl sites for hydroxylation is 1. The van der Waals surface area contributed by atoms with Crippen molar-refractivity contribution < 1.29 is 14.3 Å². The van der Waals surface area contributed by atoms with Gasteiger partial charge in [-0.25, -0.2) is 4.79 Å². The molecule has 5 heteroatoms. The predicted molar refractivity (Wildman–Crippen MR) is 89.8 cm³/mol. The normalized spacial score (nSPS) is 12.5. The number of hydrogen-bond donors (Lipinski definition) is 2. The Hall–Kier alpha value is -1.91. The Morgan fingerprint density at radius 3 is 2.45 bits per heavy atom. The molecule has 0 aliphatic rings. The number of rotatable bonds is 5. The first kappa shape index (κ1) is 18.1. The summed E-state index contributed by atoms with van der Waals surface area (Å²) in [6.45, 7) is 12.0. The van der Waals surface area contributed by atoms with Crippen LogP contribution in [-0.2, 0) is 4.74 Å². The summed E-state index contributed by atoms with van der Waals surface area (Å²) in [4.78, 5) is 11.6. The van der Waals surface area contributed by atoms with Gasteiger partial charge in [0.05, 0.1) is 7.11 Å². The number of carbonyl (C=O) groups excluding carboxylic acids is 1. The molecule has 0 aliphatic heterocycles. The van der Waals surface area contributed by atoms with E-state index >= 15 is 0 Å². The summed E-state index contributed by atoms with van der Waals surface area (Å²) in [5.41, 5.74) is 2.68. The first-order valence-corrected chi connectivity index (χ1v) is 7.51. The fourth-order valence-electron chi connectivity index (χ4n) is 2.16. The van der Waals surface area contributed by atoms with Gasteiger partial charge in [-0.1, -0.05) is 6.07 Å². The molecule has 1 rings (SSSR count). The smallest absolute Gasteiger partial charge is 0.407 e. The summed E-state index contributed by atoms with van der Waals surface area (Å²) < 4.78 is 10.6. The Labute approximate surface area is 133 Å². The molecule has 0 fully saturated rings. The van der Waals surface area contributed by atoms with Gasteiger partial charge in [0.1, 0.15) is 11.4 Å². The highest BCUT2D eigenvalue weighted by atomic mass is 16.6. The molecule has 0 heterocycles. The molecule has 0 spiro atoms. The van der Waals surface area contributed by atoms with Crippen LogP contribution in [0.4, 0.5) is 10.5 Å². The lowest BCUT2D eigenvalue weighted by molar-refractivity contribution is 0.0526. The molecule has 1 aromatic rings. The molecule has 0 radical (unpaired) electrons. The molecule has 22 heavy (non-hydrogen) atoms. The largest absolute Gasteiger partial charge is 0.496 e. The molecule has 0 bridgehead atoms. The van der Waals surface area contributed by atoms with Crippen molar-refractivity contribution in [3.63, 3.8) is 0 Å². The fourth-order valence-corrected chi connectivity index (χ4v) is 2.16. The Morgan fingerprint density at radius 2 is 1.91 bits per heavy atom. The Morgan fingerprint density at radius 1 is 1.27 bits per heavy atom. The highest BCUT2D eigenvalue weighted by Crippen LogP contribution is 2.29. The number of methoxy groups -OCH3 is 1. The van der Waals surface area contributed by atoms with Crippen molar-refractivity contribution in [1.29, 1.82) is 0 Å². The number of benzene rings is 1. The number of alkyl carbamates (subject to hydrolysis) is 1. The van der Waals surface area contributed by atoms with Crippen molar-refractivity contribution in [2.24, 2.45) is 0 Å². The number of nitrogens with one attached hydrogen (secondary N) is 2. The second-order valence-corrected chi connectivity index (χ2v) is 6.52. The summed E-state index contributed by atoms with van der Waals surface area (Å²) >= 11 is 0. The average Bonchev–Trinajstić information content (AvgIpc) is 2.38. The quantitative estimate of drug-likeness (QED) is 0.872. The molecule has 1 aromatic carbocycles. The lowest BCUT2D eigenvalue weighted by Gasteiger charge is -2.22. The lowest BCUT2D eigenvalue weighted by Crippen LogP contribution is -2.38. The Balaban J connectivity index is 2.59. The second-order valence-electron chi connectivity index (χ2n) is 6.52. The van der Waals surface area contributed by atoms with E-state index in [1.54, 1.807) is 7.11 Å². The topological polar surface area (TPSA) is 59.6 Å². The second kappa shape index (κ2) is 7.38. The minimum absolute atomic E-state index is 0.0682. The monoisotopic (exact) mass is 308 g/mol. The van der Waals surface area contributed by atoms with Gasteiger partial charge in [0.15, 0.2) is 0 Å². The summed E-state index contributed by atoms with van der Waals surface area (Å²) in [6, 6.07) is 4.11. The number of ether oxygens (including phenoxy) is 2. The van der Waals surface area contributed by atoms with Gasteiger partial charge in [-0.05, 0) is 53.2 Å². The van der Waals surface area contributed by atoms with Crippen LogP contribution in [0.25, 0.3) is 0 Å². The van der Waals surface area contributed by atoms with Crippen molar-refractivity contribution in [1.82, 2.24) is 5.32 Å². The summed E-state index contributed by atoms with van der Waals surface area (Å²) in [7, 11) is 1.67. The first-order chi connectivity index (χ1) is 10.1. The van der Waals surface area contributed by atoms with Gasteiger partial charge in [-0.3, -0.25) is 0 Å². The van der Waals surface area contributed by atoms with Gasteiger partial charge >= 0.3 is 6.09 Å². The van der Waals surface area contributed by atoms with Crippen molar-refractivity contribution in [3.05, 3.63) is 23.3 Å². The standard InChI is InChI=1S/C17H28N2O3/c1-11-8-9-14(13(3)15(11)21-7)19-12(2)10-18-16(20)22-17(4,5)6/h8-9,12,19H,10H2,1-7H3,(H,18,20). The van der Waals surface area contributed by atoms with Crippen LogP contribution in [0.15, 0.2) is 12.1 Å². The fraction of sp³-hybridized carbons (Fsp3) is 0.588. The molecule has 0 saturated carbocycles. The third-order valence-corrected chi connectivity index (χ3v) is 3.16. The molecule has 124 valence electrons. The maximum Gasteiger partial charge on any atom is 0.407 e. The molecule has 0 saturated heterocycles. The van der Waals surface area contributed by atoms with E-state index < -0.39 is 11.7 Å². The van der Waals surface area contributed by atoms with Crippen LogP contribution in [0.5, 0.6) is 5.75 Å². The van der Waals surface area contributed by atoms with E-state index in [4.69, 9.17) is 9.47 Å². The van der Waals surface area contributed by atoms with Crippen LogP contribution >= 0.6 is 0 Å². The van der Waals surface area contributed by atoms with E-state index in [-0.39, 0.29) is 6.04 Å². The summed E-state index contributed by atoms with van der Waals surface area (Å²) in [6.07, 6.45) is -0.403. The number of anilines is 1. The summed E-state index contributed by atoms with van der Waals surface area (Å²) in [5, 5.41) is 6.14. The Kier molecular flexibility index (Phi) is 6.09. The van der Waals surface area contributed by atoms with Crippen molar-refractivity contribution in [2.75, 3.05) is 19.0 Å². The van der Waals surface area contributed by atoms with E-state index in [1.165, 1.54) is 0 Å². The molecule has 0 aliphatic carbocycles. The number of carbonyl (C=O) groups is 1. The van der Waals surface area contributed by atoms with Crippen LogP contribution in [0.1, 0.15) is 38.8 Å². The van der Waals surface area contributed by atoms with Crippen LogP contribution in [-0.4, -0.2) is 31.4 Å². The van der Waals surface area contributed by atoms with E-state index in [0.717, 1.165) is 22.6 Å². The molecule has 1 atom stereocenters. The molecular weight excluding hydrogens is 280 g/mol. The van der Waals surface area contributed by atoms with Crippen molar-refractivity contribution in [2.45, 2.75) is 53.2 Å². The van der Waals surface area contributed by atoms with Crippen LogP contribution in [0, 0.1) is 13.8 Å². The van der Waals surface area contributed by atoms with Gasteiger partial charge in [0.2, 0.25) is 0 Å². The molecular formula is C17H28N2O3. The number of hydrogen-bond acceptors (Lipinski definition) is 4. The zero-order valence-corrected chi connectivity index (χ0v) is 14.7. The highest BCUT2D eigenvalue weighted by Gasteiger charge is 2.16. The minimum atomic E-state index is -0.484. The van der Waals surface area contributed by atoms with Crippen LogP contribution in [0.3, 0.4) is 0 Å². The highest BCUT2D eigenvalue weighted by molar-refractivity contribution is 5.68. The van der Waals surface area contributed by atoms with Gasteiger partial charge in [0.25, 0.3) is 0 Å². The van der Waals surface area contributed by atoms with Gasteiger partial charge in [-0.2, -0.15) is 0 Å². The third-order valence-electron chi connectivity index (χ3n) is 3.16. The van der Waals surface area contributed by atoms with Gasteiger partial charge < -0.3 is 20.1 Å². The first-order valence-electron chi connectivity index (χ1n) is 7.51. The maximum atomic E-state index is 11.6. The SMILES string of the molecule is COc1c(C)ccc(NC(C)CNC(=O)OC(C)(C)C)c1C. The molecule has 2 N–H and O–H groups in total.